The summed E-state index contributed by atoms with van der Waals surface area (Å²) < 4.78 is 0. The number of hydrogen-bond acceptors (Lipinski definition) is 7. The first kappa shape index (κ1) is 28.5. The number of imide groups is 1. The Morgan fingerprint density at radius 2 is 1.26 bits per heavy atom. The van der Waals surface area contributed by atoms with Gasteiger partial charge in [0.1, 0.15) is 0 Å². The van der Waals surface area contributed by atoms with Gasteiger partial charge in [-0.3, -0.25) is 38.5 Å². The molecule has 13 nitrogen and oxygen atoms in total. The van der Waals surface area contributed by atoms with E-state index in [-0.39, 0.29) is 82.0 Å². The van der Waals surface area contributed by atoms with Gasteiger partial charge >= 0.3 is 0 Å². The molecule has 1 saturated heterocycles. The summed E-state index contributed by atoms with van der Waals surface area (Å²) in [6.45, 7) is 3.45. The first-order valence-corrected chi connectivity index (χ1v) is 11.3. The maximum atomic E-state index is 11.8. The van der Waals surface area contributed by atoms with Crippen LogP contribution in [0.1, 0.15) is 46.0 Å². The molecule has 1 atom stereocenters. The van der Waals surface area contributed by atoms with E-state index in [0.717, 1.165) is 11.3 Å². The van der Waals surface area contributed by atoms with Crippen molar-refractivity contribution in [3.05, 3.63) is 0 Å². The Morgan fingerprint density at radius 3 is 1.79 bits per heavy atom. The molecule has 0 aromatic carbocycles. The average Bonchev–Trinajstić information content (AvgIpc) is 3.04. The molecule has 0 radical (unpaired) electrons. The molecule has 34 heavy (non-hydrogen) atoms. The van der Waals surface area contributed by atoms with Crippen LogP contribution in [0.4, 0.5) is 0 Å². The first-order valence-electron chi connectivity index (χ1n) is 11.3. The number of carbonyl (C=O) groups is 7. The van der Waals surface area contributed by atoms with Gasteiger partial charge in [0.25, 0.3) is 0 Å². The van der Waals surface area contributed by atoms with Crippen molar-refractivity contribution in [1.82, 2.24) is 31.5 Å². The minimum Gasteiger partial charge on any atom is -0.356 e. The number of hydrogen-bond donors (Lipinski definition) is 5. The van der Waals surface area contributed by atoms with Gasteiger partial charge in [-0.1, -0.05) is 13.8 Å². The van der Waals surface area contributed by atoms with E-state index in [2.05, 4.69) is 26.6 Å². The van der Waals surface area contributed by atoms with Gasteiger partial charge in [0.2, 0.25) is 41.4 Å². The van der Waals surface area contributed by atoms with Crippen LogP contribution in [0, 0.1) is 5.92 Å². The zero-order valence-corrected chi connectivity index (χ0v) is 19.7. The van der Waals surface area contributed by atoms with Gasteiger partial charge in [-0.15, -0.1) is 0 Å². The molecule has 0 aromatic rings. The highest BCUT2D eigenvalue weighted by Gasteiger charge is 2.34. The summed E-state index contributed by atoms with van der Waals surface area (Å²) in [6, 6.07) is 0. The van der Waals surface area contributed by atoms with Crippen molar-refractivity contribution in [1.29, 1.82) is 0 Å². The first-order chi connectivity index (χ1) is 16.1. The van der Waals surface area contributed by atoms with E-state index >= 15 is 0 Å². The Kier molecular flexibility index (Phi) is 12.9. The molecule has 0 spiro atoms. The standard InChI is InChI=1S/C21H34N6O7/c1-3-7-22-16(29)6-8-23-17(30)11-25-19(32)13-26-18(31)12-24-15(28)5-4-9-27-20(33)10-14(2)21(27)34/h14H,3-13H2,1-2H3,(H,22,29)(H,23,30)(H,24,28)(H,25,32)(H,26,31). The van der Waals surface area contributed by atoms with Crippen molar-refractivity contribution >= 4 is 41.4 Å². The second-order valence-electron chi connectivity index (χ2n) is 7.87. The van der Waals surface area contributed by atoms with Gasteiger partial charge in [-0.25, -0.2) is 0 Å². The van der Waals surface area contributed by atoms with Crippen molar-refractivity contribution in [2.75, 3.05) is 39.3 Å². The molecule has 1 heterocycles. The highest BCUT2D eigenvalue weighted by molar-refractivity contribution is 6.03. The Labute approximate surface area is 198 Å². The molecule has 0 aliphatic carbocycles. The lowest BCUT2D eigenvalue weighted by atomic mass is 10.1. The van der Waals surface area contributed by atoms with Crippen LogP contribution in [0.3, 0.4) is 0 Å². The van der Waals surface area contributed by atoms with Crippen molar-refractivity contribution in [3.63, 3.8) is 0 Å². The third-order valence-electron chi connectivity index (χ3n) is 4.84. The van der Waals surface area contributed by atoms with Crippen LogP contribution in [-0.2, 0) is 33.6 Å². The van der Waals surface area contributed by atoms with E-state index < -0.39 is 23.6 Å². The maximum Gasteiger partial charge on any atom is 0.239 e. The predicted molar refractivity (Wildman–Crippen MR) is 120 cm³/mol. The van der Waals surface area contributed by atoms with Crippen molar-refractivity contribution < 1.29 is 33.6 Å². The van der Waals surface area contributed by atoms with Crippen LogP contribution in [0.5, 0.6) is 0 Å². The van der Waals surface area contributed by atoms with E-state index in [1.165, 1.54) is 0 Å². The van der Waals surface area contributed by atoms with Gasteiger partial charge in [0.15, 0.2) is 0 Å². The van der Waals surface area contributed by atoms with Crippen LogP contribution in [0.25, 0.3) is 0 Å². The Bertz CT molecular complexity index is 786. The molecule has 13 heteroatoms. The molecule has 7 amide bonds. The minimum absolute atomic E-state index is 0.0363. The molecule has 0 saturated carbocycles. The molecular formula is C21H34N6O7. The summed E-state index contributed by atoms with van der Waals surface area (Å²) in [6.07, 6.45) is 1.45. The van der Waals surface area contributed by atoms with Crippen LogP contribution in [0.15, 0.2) is 0 Å². The van der Waals surface area contributed by atoms with Gasteiger partial charge in [0, 0.05) is 44.8 Å². The summed E-state index contributed by atoms with van der Waals surface area (Å²) >= 11 is 0. The fourth-order valence-electron chi connectivity index (χ4n) is 2.96. The van der Waals surface area contributed by atoms with Crippen molar-refractivity contribution in [2.45, 2.75) is 46.0 Å². The molecule has 1 rings (SSSR count). The third kappa shape index (κ3) is 11.4. The molecule has 0 bridgehead atoms. The normalized spacial score (nSPS) is 15.0. The summed E-state index contributed by atoms with van der Waals surface area (Å²) in [7, 11) is 0. The third-order valence-corrected chi connectivity index (χ3v) is 4.84. The van der Waals surface area contributed by atoms with E-state index in [4.69, 9.17) is 0 Å². The molecular weight excluding hydrogens is 448 g/mol. The summed E-state index contributed by atoms with van der Waals surface area (Å²) in [5.41, 5.74) is 0. The Balaban J connectivity index is 2.09. The second kappa shape index (κ2) is 15.3. The molecule has 1 unspecified atom stereocenters. The largest absolute Gasteiger partial charge is 0.356 e. The van der Waals surface area contributed by atoms with Crippen LogP contribution in [0.2, 0.25) is 0 Å². The number of carbonyl (C=O) groups excluding carboxylic acids is 7. The van der Waals surface area contributed by atoms with Crippen LogP contribution < -0.4 is 26.6 Å². The summed E-state index contributed by atoms with van der Waals surface area (Å²) in [5.74, 6) is -3.07. The zero-order chi connectivity index (χ0) is 25.5. The number of likely N-dealkylation sites (tertiary alicyclic amines) is 1. The van der Waals surface area contributed by atoms with Crippen LogP contribution in [-0.4, -0.2) is 85.5 Å². The summed E-state index contributed by atoms with van der Waals surface area (Å²) in [5, 5.41) is 12.2. The van der Waals surface area contributed by atoms with Gasteiger partial charge in [-0.05, 0) is 12.8 Å². The topological polar surface area (TPSA) is 183 Å². The lowest BCUT2D eigenvalue weighted by molar-refractivity contribution is -0.139. The van der Waals surface area contributed by atoms with Gasteiger partial charge in [-0.2, -0.15) is 0 Å². The number of nitrogens with one attached hydrogen (secondary N) is 5. The fourth-order valence-corrected chi connectivity index (χ4v) is 2.96. The fraction of sp³-hybridized carbons (Fsp3) is 0.667. The average molecular weight is 483 g/mol. The smallest absolute Gasteiger partial charge is 0.239 e. The van der Waals surface area contributed by atoms with Crippen molar-refractivity contribution in [3.8, 4) is 0 Å². The molecule has 1 aliphatic heterocycles. The van der Waals surface area contributed by atoms with Gasteiger partial charge in [0.05, 0.1) is 19.6 Å². The minimum atomic E-state index is -0.593. The SMILES string of the molecule is CCCNC(=O)CCNC(=O)CNC(=O)CNC(=O)CNC(=O)CCCN1C(=O)CC(C)C1=O. The van der Waals surface area contributed by atoms with Crippen LogP contribution >= 0.6 is 0 Å². The monoisotopic (exact) mass is 482 g/mol. The van der Waals surface area contributed by atoms with Gasteiger partial charge < -0.3 is 26.6 Å². The highest BCUT2D eigenvalue weighted by atomic mass is 16.2. The highest BCUT2D eigenvalue weighted by Crippen LogP contribution is 2.18. The number of nitrogens with zero attached hydrogens (tertiary/aromatic N) is 1. The summed E-state index contributed by atoms with van der Waals surface area (Å²) in [4.78, 5) is 83.0. The lowest BCUT2D eigenvalue weighted by Crippen LogP contribution is -2.44. The molecule has 5 N–H and O–H groups in total. The van der Waals surface area contributed by atoms with E-state index in [9.17, 15) is 33.6 Å². The quantitative estimate of drug-likeness (QED) is 0.160. The van der Waals surface area contributed by atoms with E-state index in [1.54, 1.807) is 6.92 Å². The predicted octanol–water partition coefficient (Wildman–Crippen LogP) is -2.46. The van der Waals surface area contributed by atoms with Crippen molar-refractivity contribution in [2.24, 2.45) is 5.92 Å². The zero-order valence-electron chi connectivity index (χ0n) is 19.7. The molecule has 1 aliphatic rings. The van der Waals surface area contributed by atoms with E-state index in [0.29, 0.717) is 6.54 Å². The second-order valence-corrected chi connectivity index (χ2v) is 7.87. The Morgan fingerprint density at radius 1 is 0.765 bits per heavy atom. The van der Waals surface area contributed by atoms with E-state index in [1.807, 2.05) is 6.92 Å². The number of amides is 7. The molecule has 1 fully saturated rings. The Hall–Kier alpha value is -3.51. The number of rotatable bonds is 15. The lowest BCUT2D eigenvalue weighted by Gasteiger charge is -2.13. The molecule has 0 aromatic heterocycles. The molecule has 190 valence electrons. The maximum absolute atomic E-state index is 11.8.